The van der Waals surface area contributed by atoms with Crippen molar-refractivity contribution in [1.82, 2.24) is 4.90 Å². The molecule has 0 aliphatic heterocycles. The summed E-state index contributed by atoms with van der Waals surface area (Å²) in [6.07, 6.45) is 0. The second-order valence-corrected chi connectivity index (χ2v) is 4.59. The molecule has 0 unspecified atom stereocenters. The van der Waals surface area contributed by atoms with Crippen LogP contribution in [0.1, 0.15) is 15.2 Å². The number of carbonyl (C=O) groups is 2. The van der Waals surface area contributed by atoms with Gasteiger partial charge < -0.3 is 27.7 Å². The number of rotatable bonds is 4. The molecule has 18 heavy (non-hydrogen) atoms. The summed E-state index contributed by atoms with van der Waals surface area (Å²) in [5.41, 5.74) is 1.18. The summed E-state index contributed by atoms with van der Waals surface area (Å²) in [5, 5.41) is 13.3. The molecular weight excluding hydrogens is 287 g/mol. The van der Waals surface area contributed by atoms with Crippen molar-refractivity contribution in [3.05, 3.63) is 15.8 Å². The van der Waals surface area contributed by atoms with Gasteiger partial charge in [0.25, 0.3) is 0 Å². The molecule has 8 heteroatoms. The third-order valence-corrected chi connectivity index (χ3v) is 2.98. The number of hydrogen-bond acceptors (Lipinski definition) is 4. The molecule has 1 rings (SSSR count). The van der Waals surface area contributed by atoms with Crippen molar-refractivity contribution in [2.45, 2.75) is 6.92 Å². The first kappa shape index (κ1) is 20.2. The fraction of sp³-hybridized carbons (Fsp3) is 0.400. The van der Waals surface area contributed by atoms with E-state index in [9.17, 15) is 9.59 Å². The Hall–Kier alpha value is -0.110. The molecule has 1 heterocycles. The van der Waals surface area contributed by atoms with E-state index in [0.29, 0.717) is 5.69 Å². The summed E-state index contributed by atoms with van der Waals surface area (Å²) < 4.78 is 0. The number of amides is 1. The van der Waals surface area contributed by atoms with E-state index in [1.165, 1.54) is 0 Å². The number of aromatic carboxylic acids is 1. The molecule has 0 atom stereocenters. The van der Waals surface area contributed by atoms with Crippen LogP contribution in [-0.2, 0) is 4.79 Å². The molecule has 0 aliphatic rings. The van der Waals surface area contributed by atoms with Crippen molar-refractivity contribution in [3.63, 3.8) is 0 Å². The standard InChI is InChI=1S/C10H14N2O3S.ClH.Na/c1-6-5-16-9(10(14)15)8(6)11-7(13)4-12(2)3;;/h5H,4H2,1-3H3,(H,11,13)(H,14,15);1H;/q;;+1/p-1. The molecule has 0 aliphatic carbocycles. The van der Waals surface area contributed by atoms with Crippen LogP contribution in [0, 0.1) is 6.92 Å². The van der Waals surface area contributed by atoms with E-state index in [0.717, 1.165) is 16.9 Å². The van der Waals surface area contributed by atoms with Gasteiger partial charge in [-0.15, -0.1) is 11.3 Å². The number of aryl methyl sites for hydroxylation is 1. The Bertz CT molecular complexity index is 423. The van der Waals surface area contributed by atoms with E-state index in [1.807, 2.05) is 0 Å². The van der Waals surface area contributed by atoms with Gasteiger partial charge in [-0.25, -0.2) is 4.79 Å². The molecule has 1 aromatic heterocycles. The Morgan fingerprint density at radius 3 is 2.44 bits per heavy atom. The maximum absolute atomic E-state index is 11.5. The van der Waals surface area contributed by atoms with Gasteiger partial charge in [-0.1, -0.05) is 0 Å². The van der Waals surface area contributed by atoms with Gasteiger partial charge in [0.1, 0.15) is 4.88 Å². The van der Waals surface area contributed by atoms with Gasteiger partial charge in [0.05, 0.1) is 12.2 Å². The topological polar surface area (TPSA) is 69.6 Å². The number of halogens is 1. The fourth-order valence-electron chi connectivity index (χ4n) is 1.22. The SMILES string of the molecule is Cc1csc(C(=O)O)c1NC(=O)CN(C)C.[Cl-].[Na+]. The van der Waals surface area contributed by atoms with Crippen LogP contribution < -0.4 is 47.3 Å². The van der Waals surface area contributed by atoms with Crippen LogP contribution in [0.5, 0.6) is 0 Å². The Morgan fingerprint density at radius 2 is 2.00 bits per heavy atom. The summed E-state index contributed by atoms with van der Waals surface area (Å²) in [4.78, 5) is 24.3. The first-order chi connectivity index (χ1) is 7.41. The van der Waals surface area contributed by atoms with Crippen molar-refractivity contribution in [2.24, 2.45) is 0 Å². The van der Waals surface area contributed by atoms with Gasteiger partial charge in [0.15, 0.2) is 0 Å². The minimum atomic E-state index is -1.02. The number of anilines is 1. The van der Waals surface area contributed by atoms with Gasteiger partial charge in [-0.05, 0) is 32.0 Å². The molecule has 1 amide bonds. The number of nitrogens with one attached hydrogen (secondary N) is 1. The predicted molar refractivity (Wildman–Crippen MR) is 63.2 cm³/mol. The first-order valence-corrected chi connectivity index (χ1v) is 5.55. The van der Waals surface area contributed by atoms with Crippen LogP contribution in [0.3, 0.4) is 0 Å². The summed E-state index contributed by atoms with van der Waals surface area (Å²) in [5.74, 6) is -1.23. The van der Waals surface area contributed by atoms with Crippen LogP contribution in [0.25, 0.3) is 0 Å². The molecule has 0 aromatic carbocycles. The zero-order valence-corrected chi connectivity index (χ0v) is 14.4. The third kappa shape index (κ3) is 5.69. The number of carboxylic acid groups (broad SMARTS) is 1. The molecule has 0 fully saturated rings. The van der Waals surface area contributed by atoms with E-state index >= 15 is 0 Å². The molecule has 2 N–H and O–H groups in total. The smallest absolute Gasteiger partial charge is 1.00 e. The Balaban J connectivity index is 0. The maximum Gasteiger partial charge on any atom is 1.00 e. The molecular formula is C10H14ClN2NaO3S. The largest absolute Gasteiger partial charge is 1.00 e. The van der Waals surface area contributed by atoms with Gasteiger partial charge in [-0.2, -0.15) is 0 Å². The monoisotopic (exact) mass is 300 g/mol. The van der Waals surface area contributed by atoms with Crippen molar-refractivity contribution in [1.29, 1.82) is 0 Å². The molecule has 0 saturated heterocycles. The van der Waals surface area contributed by atoms with Crippen LogP contribution in [-0.4, -0.2) is 42.5 Å². The van der Waals surface area contributed by atoms with Crippen molar-refractivity contribution in [3.8, 4) is 0 Å². The van der Waals surface area contributed by atoms with Crippen molar-refractivity contribution < 1.29 is 56.7 Å². The number of nitrogens with zero attached hydrogens (tertiary/aromatic N) is 1. The summed E-state index contributed by atoms with van der Waals surface area (Å²) in [6, 6.07) is 0. The molecule has 0 bridgehead atoms. The minimum absolute atomic E-state index is 0. The van der Waals surface area contributed by atoms with Gasteiger partial charge in [-0.3, -0.25) is 4.79 Å². The van der Waals surface area contributed by atoms with Crippen LogP contribution >= 0.6 is 11.3 Å². The average molecular weight is 301 g/mol. The zero-order chi connectivity index (χ0) is 12.3. The van der Waals surface area contributed by atoms with Gasteiger partial charge in [0.2, 0.25) is 5.91 Å². The Labute approximate surface area is 138 Å². The Kier molecular flexibility index (Phi) is 9.99. The number of likely N-dealkylation sites (N-methyl/N-ethyl adjacent to an activating group) is 1. The van der Waals surface area contributed by atoms with E-state index in [2.05, 4.69) is 5.32 Å². The van der Waals surface area contributed by atoms with E-state index in [4.69, 9.17) is 5.11 Å². The minimum Gasteiger partial charge on any atom is -1.00 e. The number of carbonyl (C=O) groups excluding carboxylic acids is 1. The maximum atomic E-state index is 11.5. The second-order valence-electron chi connectivity index (χ2n) is 3.71. The molecule has 0 radical (unpaired) electrons. The molecule has 0 spiro atoms. The van der Waals surface area contributed by atoms with E-state index < -0.39 is 5.97 Å². The summed E-state index contributed by atoms with van der Waals surface area (Å²) in [7, 11) is 3.55. The molecule has 0 saturated carbocycles. The first-order valence-electron chi connectivity index (χ1n) is 4.67. The van der Waals surface area contributed by atoms with Crippen LogP contribution in [0.2, 0.25) is 0 Å². The van der Waals surface area contributed by atoms with Gasteiger partial charge >= 0.3 is 35.5 Å². The molecule has 1 aromatic rings. The predicted octanol–water partition coefficient (Wildman–Crippen LogP) is -4.74. The zero-order valence-electron chi connectivity index (χ0n) is 10.8. The number of hydrogen-bond donors (Lipinski definition) is 2. The Morgan fingerprint density at radius 1 is 1.44 bits per heavy atom. The fourth-order valence-corrected chi connectivity index (χ4v) is 2.07. The third-order valence-electron chi connectivity index (χ3n) is 1.89. The molecule has 96 valence electrons. The molecule has 5 nitrogen and oxygen atoms in total. The van der Waals surface area contributed by atoms with E-state index in [-0.39, 0.29) is 59.3 Å². The van der Waals surface area contributed by atoms with Crippen LogP contribution in [0.4, 0.5) is 5.69 Å². The summed E-state index contributed by atoms with van der Waals surface area (Å²) in [6.45, 7) is 2.00. The van der Waals surface area contributed by atoms with Crippen molar-refractivity contribution >= 4 is 28.9 Å². The average Bonchev–Trinajstić information content (AvgIpc) is 2.46. The van der Waals surface area contributed by atoms with Crippen LogP contribution in [0.15, 0.2) is 5.38 Å². The number of thiophene rings is 1. The van der Waals surface area contributed by atoms with Crippen molar-refractivity contribution in [2.75, 3.05) is 26.0 Å². The quantitative estimate of drug-likeness (QED) is 0.548. The number of carboxylic acids is 1. The normalized spacial score (nSPS) is 9.33. The second kappa shape index (κ2) is 8.90. The van der Waals surface area contributed by atoms with E-state index in [1.54, 1.807) is 31.3 Å². The van der Waals surface area contributed by atoms with Gasteiger partial charge in [0, 0.05) is 0 Å². The summed E-state index contributed by atoms with van der Waals surface area (Å²) >= 11 is 1.12.